The Morgan fingerprint density at radius 1 is 1.21 bits per heavy atom. The van der Waals surface area contributed by atoms with Crippen molar-refractivity contribution < 1.29 is 9.59 Å². The molecule has 128 valence electrons. The van der Waals surface area contributed by atoms with Gasteiger partial charge in [-0.15, -0.1) is 10.2 Å². The third kappa shape index (κ3) is 4.76. The molecule has 2 aromatic rings. The molecule has 2 N–H and O–H groups in total. The zero-order valence-corrected chi connectivity index (χ0v) is 14.2. The van der Waals surface area contributed by atoms with Crippen LogP contribution in [0.1, 0.15) is 26.3 Å². The van der Waals surface area contributed by atoms with Crippen molar-refractivity contribution >= 4 is 23.4 Å². The van der Waals surface area contributed by atoms with Gasteiger partial charge in [-0.2, -0.15) is 4.80 Å². The third-order valence-corrected chi connectivity index (χ3v) is 3.55. The SMILES string of the molecule is CCC(C(=O)NCCNC(C)=O)n1nnc(-c2ccc(Cl)cc2)n1. The number of nitrogens with zero attached hydrogens (tertiary/aromatic N) is 4. The van der Waals surface area contributed by atoms with Crippen molar-refractivity contribution in [2.24, 2.45) is 0 Å². The van der Waals surface area contributed by atoms with E-state index >= 15 is 0 Å². The molecule has 1 heterocycles. The highest BCUT2D eigenvalue weighted by molar-refractivity contribution is 6.30. The zero-order valence-electron chi connectivity index (χ0n) is 13.5. The lowest BCUT2D eigenvalue weighted by atomic mass is 10.2. The second-order valence-electron chi connectivity index (χ2n) is 5.14. The van der Waals surface area contributed by atoms with Crippen LogP contribution in [0.15, 0.2) is 24.3 Å². The largest absolute Gasteiger partial charge is 0.355 e. The standard InChI is InChI=1S/C15H19ClN6O2/c1-3-13(15(24)18-9-8-17-10(2)23)22-20-14(19-21-22)11-4-6-12(16)7-5-11/h4-7,13H,3,8-9H2,1-2H3,(H,17,23)(H,18,24). The molecule has 2 rings (SSSR count). The Morgan fingerprint density at radius 2 is 1.88 bits per heavy atom. The van der Waals surface area contributed by atoms with Crippen LogP contribution in [0.5, 0.6) is 0 Å². The van der Waals surface area contributed by atoms with Crippen LogP contribution in [0.4, 0.5) is 0 Å². The third-order valence-electron chi connectivity index (χ3n) is 3.30. The normalized spacial score (nSPS) is 11.8. The summed E-state index contributed by atoms with van der Waals surface area (Å²) in [6.07, 6.45) is 0.516. The number of carbonyl (C=O) groups excluding carboxylic acids is 2. The summed E-state index contributed by atoms with van der Waals surface area (Å²) in [6.45, 7) is 4.00. The molecule has 1 atom stereocenters. The van der Waals surface area contributed by atoms with Crippen LogP contribution in [0.2, 0.25) is 5.02 Å². The first kappa shape index (κ1) is 17.9. The molecule has 2 amide bonds. The first-order chi connectivity index (χ1) is 11.5. The molecule has 0 radical (unpaired) electrons. The predicted octanol–water partition coefficient (Wildman–Crippen LogP) is 1.20. The van der Waals surface area contributed by atoms with Crippen LogP contribution >= 0.6 is 11.6 Å². The summed E-state index contributed by atoms with van der Waals surface area (Å²) in [5, 5.41) is 18.2. The van der Waals surface area contributed by atoms with Gasteiger partial charge in [0.05, 0.1) is 0 Å². The summed E-state index contributed by atoms with van der Waals surface area (Å²) < 4.78 is 0. The van der Waals surface area contributed by atoms with E-state index in [0.29, 0.717) is 30.4 Å². The van der Waals surface area contributed by atoms with Crippen molar-refractivity contribution in [1.82, 2.24) is 30.8 Å². The van der Waals surface area contributed by atoms with Gasteiger partial charge in [-0.1, -0.05) is 18.5 Å². The smallest absolute Gasteiger partial charge is 0.246 e. The van der Waals surface area contributed by atoms with E-state index in [1.807, 2.05) is 6.92 Å². The van der Waals surface area contributed by atoms with E-state index in [2.05, 4.69) is 26.0 Å². The fraction of sp³-hybridized carbons (Fsp3) is 0.400. The number of carbonyl (C=O) groups is 2. The zero-order chi connectivity index (χ0) is 17.5. The molecular weight excluding hydrogens is 332 g/mol. The Balaban J connectivity index is 2.01. The van der Waals surface area contributed by atoms with E-state index in [1.54, 1.807) is 24.3 Å². The molecule has 0 aliphatic heterocycles. The van der Waals surface area contributed by atoms with E-state index < -0.39 is 6.04 Å². The van der Waals surface area contributed by atoms with Crippen LogP contribution in [-0.4, -0.2) is 45.1 Å². The van der Waals surface area contributed by atoms with Gasteiger partial charge < -0.3 is 10.6 Å². The predicted molar refractivity (Wildman–Crippen MR) is 89.3 cm³/mol. The van der Waals surface area contributed by atoms with Gasteiger partial charge in [-0.05, 0) is 35.9 Å². The number of amides is 2. The molecule has 0 bridgehead atoms. The molecule has 9 heteroatoms. The summed E-state index contributed by atoms with van der Waals surface area (Å²) in [5.41, 5.74) is 0.770. The molecule has 0 saturated heterocycles. The van der Waals surface area contributed by atoms with Crippen molar-refractivity contribution in [2.75, 3.05) is 13.1 Å². The van der Waals surface area contributed by atoms with Gasteiger partial charge in [0.25, 0.3) is 0 Å². The minimum Gasteiger partial charge on any atom is -0.355 e. The molecular formula is C15H19ClN6O2. The number of halogens is 1. The Bertz CT molecular complexity index is 700. The summed E-state index contributed by atoms with van der Waals surface area (Å²) in [4.78, 5) is 24.3. The second kappa shape index (κ2) is 8.39. The molecule has 0 spiro atoms. The lowest BCUT2D eigenvalue weighted by Gasteiger charge is -2.13. The summed E-state index contributed by atoms with van der Waals surface area (Å²) in [7, 11) is 0. The summed E-state index contributed by atoms with van der Waals surface area (Å²) >= 11 is 5.86. The number of tetrazole rings is 1. The van der Waals surface area contributed by atoms with Crippen LogP contribution in [0.25, 0.3) is 11.4 Å². The van der Waals surface area contributed by atoms with Crippen molar-refractivity contribution in [1.29, 1.82) is 0 Å². The number of hydrogen-bond donors (Lipinski definition) is 2. The Kier molecular flexibility index (Phi) is 6.25. The van der Waals surface area contributed by atoms with E-state index in [4.69, 9.17) is 11.6 Å². The van der Waals surface area contributed by atoms with E-state index in [9.17, 15) is 9.59 Å². The highest BCUT2D eigenvalue weighted by Crippen LogP contribution is 2.18. The average molecular weight is 351 g/mol. The molecule has 0 saturated carbocycles. The van der Waals surface area contributed by atoms with Crippen LogP contribution in [-0.2, 0) is 9.59 Å². The molecule has 0 aliphatic rings. The van der Waals surface area contributed by atoms with E-state index in [1.165, 1.54) is 11.7 Å². The number of aromatic nitrogens is 4. The lowest BCUT2D eigenvalue weighted by Crippen LogP contribution is -2.38. The van der Waals surface area contributed by atoms with Gasteiger partial charge in [-0.25, -0.2) is 0 Å². The van der Waals surface area contributed by atoms with Gasteiger partial charge in [0.1, 0.15) is 0 Å². The topological polar surface area (TPSA) is 102 Å². The van der Waals surface area contributed by atoms with Crippen molar-refractivity contribution in [2.45, 2.75) is 26.3 Å². The molecule has 1 aromatic heterocycles. The van der Waals surface area contributed by atoms with E-state index in [-0.39, 0.29) is 11.8 Å². The van der Waals surface area contributed by atoms with Gasteiger partial charge >= 0.3 is 0 Å². The fourth-order valence-electron chi connectivity index (χ4n) is 2.07. The van der Waals surface area contributed by atoms with Crippen molar-refractivity contribution in [3.63, 3.8) is 0 Å². The molecule has 1 unspecified atom stereocenters. The van der Waals surface area contributed by atoms with Gasteiger partial charge in [0.15, 0.2) is 6.04 Å². The van der Waals surface area contributed by atoms with Crippen LogP contribution in [0, 0.1) is 0 Å². The number of benzene rings is 1. The molecule has 1 aromatic carbocycles. The summed E-state index contributed by atoms with van der Waals surface area (Å²) in [6, 6.07) is 6.50. The average Bonchev–Trinajstić information content (AvgIpc) is 3.02. The summed E-state index contributed by atoms with van der Waals surface area (Å²) in [5.74, 6) is 0.0703. The minimum atomic E-state index is -0.559. The minimum absolute atomic E-state index is 0.137. The van der Waals surface area contributed by atoms with Gasteiger partial charge in [-0.3, -0.25) is 9.59 Å². The van der Waals surface area contributed by atoms with Crippen molar-refractivity contribution in [3.8, 4) is 11.4 Å². The quantitative estimate of drug-likeness (QED) is 0.730. The van der Waals surface area contributed by atoms with Crippen LogP contribution < -0.4 is 10.6 Å². The first-order valence-corrected chi connectivity index (χ1v) is 7.96. The first-order valence-electron chi connectivity index (χ1n) is 7.59. The lowest BCUT2D eigenvalue weighted by molar-refractivity contribution is -0.125. The Hall–Kier alpha value is -2.48. The molecule has 24 heavy (non-hydrogen) atoms. The van der Waals surface area contributed by atoms with E-state index in [0.717, 1.165) is 5.56 Å². The highest BCUT2D eigenvalue weighted by Gasteiger charge is 2.21. The highest BCUT2D eigenvalue weighted by atomic mass is 35.5. The number of hydrogen-bond acceptors (Lipinski definition) is 5. The van der Waals surface area contributed by atoms with Crippen LogP contribution in [0.3, 0.4) is 0 Å². The molecule has 0 aliphatic carbocycles. The maximum atomic E-state index is 12.2. The fourth-order valence-corrected chi connectivity index (χ4v) is 2.19. The maximum absolute atomic E-state index is 12.2. The Labute approximate surface area is 144 Å². The molecule has 8 nitrogen and oxygen atoms in total. The maximum Gasteiger partial charge on any atom is 0.246 e. The van der Waals surface area contributed by atoms with Gasteiger partial charge in [0.2, 0.25) is 17.6 Å². The van der Waals surface area contributed by atoms with Crippen molar-refractivity contribution in [3.05, 3.63) is 29.3 Å². The molecule has 0 fully saturated rings. The second-order valence-corrected chi connectivity index (χ2v) is 5.57. The number of rotatable bonds is 7. The number of nitrogens with one attached hydrogen (secondary N) is 2. The Morgan fingerprint density at radius 3 is 2.50 bits per heavy atom. The monoisotopic (exact) mass is 350 g/mol. The van der Waals surface area contributed by atoms with Gasteiger partial charge in [0, 0.05) is 30.6 Å².